The Morgan fingerprint density at radius 1 is 1.33 bits per heavy atom. The molecule has 0 aliphatic carbocycles. The molecule has 0 aliphatic heterocycles. The van der Waals surface area contributed by atoms with Crippen molar-refractivity contribution in [2.24, 2.45) is 0 Å². The molecule has 82 valence electrons. The van der Waals surface area contributed by atoms with Crippen molar-refractivity contribution in [3.8, 4) is 5.88 Å². The van der Waals surface area contributed by atoms with Gasteiger partial charge < -0.3 is 5.11 Å². The van der Waals surface area contributed by atoms with Crippen LogP contribution in [0.5, 0.6) is 5.88 Å². The average molecular weight is 232 g/mol. The Morgan fingerprint density at radius 2 is 1.93 bits per heavy atom. The largest absolute Gasteiger partial charge is 0.493 e. The molecule has 15 heavy (non-hydrogen) atoms. The lowest BCUT2D eigenvalue weighted by Gasteiger charge is -2.01. The first-order valence-corrected chi connectivity index (χ1v) is 5.43. The zero-order valence-electron chi connectivity index (χ0n) is 7.48. The molecule has 0 saturated heterocycles. The summed E-state index contributed by atoms with van der Waals surface area (Å²) in [7, 11) is -3.97. The Hall–Kier alpha value is -1.83. The molecular weight excluding hydrogens is 224 g/mol. The summed E-state index contributed by atoms with van der Waals surface area (Å²) in [6.07, 6.45) is 1.07. The van der Waals surface area contributed by atoms with Crippen LogP contribution in [0.3, 0.4) is 0 Å². The molecule has 0 aliphatic rings. The molecule has 0 bridgehead atoms. The number of sulfone groups is 1. The summed E-state index contributed by atoms with van der Waals surface area (Å²) in [4.78, 5) is 24.4. The highest BCUT2D eigenvalue weighted by atomic mass is 32.2. The fourth-order valence-corrected chi connectivity index (χ4v) is 2.15. The fourth-order valence-electron chi connectivity index (χ4n) is 0.990. The van der Waals surface area contributed by atoms with E-state index in [-0.39, 0.29) is 0 Å². The maximum absolute atomic E-state index is 11.4. The maximum atomic E-state index is 11.4. The molecule has 1 heterocycles. The molecule has 1 rings (SSSR count). The zero-order valence-corrected chi connectivity index (χ0v) is 8.30. The van der Waals surface area contributed by atoms with Gasteiger partial charge in [0.05, 0.1) is 5.75 Å². The van der Waals surface area contributed by atoms with Crippen LogP contribution < -0.4 is 11.2 Å². The number of aromatic nitrogens is 2. The summed E-state index contributed by atoms with van der Waals surface area (Å²) < 4.78 is 22.8. The lowest BCUT2D eigenvalue weighted by atomic mass is 10.6. The summed E-state index contributed by atoms with van der Waals surface area (Å²) in [5, 5.41) is 9.15. The molecule has 1 aromatic heterocycles. The van der Waals surface area contributed by atoms with Crippen LogP contribution in [-0.4, -0.2) is 29.2 Å². The van der Waals surface area contributed by atoms with Gasteiger partial charge in [-0.1, -0.05) is 6.08 Å². The third kappa shape index (κ3) is 2.15. The van der Waals surface area contributed by atoms with E-state index in [0.717, 1.165) is 6.08 Å². The number of nitrogens with one attached hydrogen (secondary N) is 2. The van der Waals surface area contributed by atoms with Crippen LogP contribution in [0.2, 0.25) is 0 Å². The molecule has 0 amide bonds. The van der Waals surface area contributed by atoms with Crippen molar-refractivity contribution in [2.45, 2.75) is 4.90 Å². The molecule has 0 saturated carbocycles. The first-order valence-electron chi connectivity index (χ1n) is 3.77. The van der Waals surface area contributed by atoms with Crippen molar-refractivity contribution in [1.29, 1.82) is 0 Å². The van der Waals surface area contributed by atoms with Crippen molar-refractivity contribution in [1.82, 2.24) is 9.97 Å². The van der Waals surface area contributed by atoms with Gasteiger partial charge in [0.2, 0.25) is 5.88 Å². The third-order valence-corrected chi connectivity index (χ3v) is 3.20. The summed E-state index contributed by atoms with van der Waals surface area (Å²) in [5.41, 5.74) is -2.13. The van der Waals surface area contributed by atoms with Crippen molar-refractivity contribution < 1.29 is 13.5 Å². The second kappa shape index (κ2) is 3.73. The molecule has 0 atom stereocenters. The van der Waals surface area contributed by atoms with Crippen LogP contribution in [0.25, 0.3) is 0 Å². The van der Waals surface area contributed by atoms with Gasteiger partial charge in [-0.2, -0.15) is 0 Å². The van der Waals surface area contributed by atoms with Crippen LogP contribution in [-0.2, 0) is 9.84 Å². The lowest BCUT2D eigenvalue weighted by molar-refractivity contribution is 0.429. The molecule has 0 aromatic carbocycles. The Kier molecular flexibility index (Phi) is 2.80. The van der Waals surface area contributed by atoms with E-state index in [1.165, 1.54) is 0 Å². The number of rotatable bonds is 3. The second-order valence-corrected chi connectivity index (χ2v) is 4.63. The summed E-state index contributed by atoms with van der Waals surface area (Å²) in [6.45, 7) is 3.20. The number of hydrogen-bond donors (Lipinski definition) is 3. The molecule has 3 N–H and O–H groups in total. The van der Waals surface area contributed by atoms with E-state index in [1.807, 2.05) is 0 Å². The van der Waals surface area contributed by atoms with E-state index >= 15 is 0 Å². The molecule has 1 aromatic rings. The normalized spacial score (nSPS) is 11.2. The second-order valence-electron chi connectivity index (χ2n) is 2.66. The highest BCUT2D eigenvalue weighted by Crippen LogP contribution is 2.13. The van der Waals surface area contributed by atoms with E-state index in [9.17, 15) is 18.0 Å². The van der Waals surface area contributed by atoms with Crippen molar-refractivity contribution >= 4 is 9.84 Å². The average Bonchev–Trinajstić information content (AvgIpc) is 1.99. The molecule has 0 unspecified atom stereocenters. The highest BCUT2D eigenvalue weighted by molar-refractivity contribution is 7.91. The topological polar surface area (TPSA) is 120 Å². The summed E-state index contributed by atoms with van der Waals surface area (Å²) in [5.74, 6) is -1.47. The van der Waals surface area contributed by atoms with Crippen LogP contribution in [0, 0.1) is 0 Å². The Morgan fingerprint density at radius 3 is 2.40 bits per heavy atom. The molecule has 7 nitrogen and oxygen atoms in total. The molecule has 0 radical (unpaired) electrons. The molecule has 0 fully saturated rings. The highest BCUT2D eigenvalue weighted by Gasteiger charge is 2.22. The smallest absolute Gasteiger partial charge is 0.328 e. The van der Waals surface area contributed by atoms with Gasteiger partial charge in [-0.25, -0.2) is 13.2 Å². The van der Waals surface area contributed by atoms with Crippen molar-refractivity contribution in [3.05, 3.63) is 33.5 Å². The van der Waals surface area contributed by atoms with Crippen LogP contribution in [0.4, 0.5) is 0 Å². The minimum Gasteiger partial charge on any atom is -0.493 e. The summed E-state index contributed by atoms with van der Waals surface area (Å²) >= 11 is 0. The monoisotopic (exact) mass is 232 g/mol. The van der Waals surface area contributed by atoms with Gasteiger partial charge in [0.25, 0.3) is 5.56 Å². The Labute approximate surface area is 84.0 Å². The molecule has 8 heteroatoms. The zero-order chi connectivity index (χ0) is 11.6. The van der Waals surface area contributed by atoms with Crippen LogP contribution in [0.15, 0.2) is 27.1 Å². The molecule has 0 spiro atoms. The third-order valence-electron chi connectivity index (χ3n) is 1.53. The number of aromatic hydroxyl groups is 1. The standard InChI is InChI=1S/C7H8N2O5S/c1-2-3-15(13,14)4-5(10)8-7(12)9-6(4)11/h2H,1,3H2,(H3,8,9,10,11,12). The predicted octanol–water partition coefficient (Wildman–Crippen LogP) is -1.27. The first-order chi connectivity index (χ1) is 6.88. The van der Waals surface area contributed by atoms with E-state index in [4.69, 9.17) is 5.11 Å². The van der Waals surface area contributed by atoms with Gasteiger partial charge in [-0.3, -0.25) is 14.8 Å². The van der Waals surface area contributed by atoms with Crippen molar-refractivity contribution in [2.75, 3.05) is 5.75 Å². The SMILES string of the molecule is C=CCS(=O)(=O)c1c(O)[nH]c(=O)[nH]c1=O. The van der Waals surface area contributed by atoms with Crippen molar-refractivity contribution in [3.63, 3.8) is 0 Å². The van der Waals surface area contributed by atoms with Gasteiger partial charge >= 0.3 is 5.69 Å². The van der Waals surface area contributed by atoms with Gasteiger partial charge in [-0.15, -0.1) is 6.58 Å². The van der Waals surface area contributed by atoms with Crippen LogP contribution in [0.1, 0.15) is 0 Å². The van der Waals surface area contributed by atoms with E-state index in [0.29, 0.717) is 0 Å². The summed E-state index contributed by atoms with van der Waals surface area (Å²) in [6, 6.07) is 0. The first kappa shape index (κ1) is 11.2. The maximum Gasteiger partial charge on any atom is 0.328 e. The number of H-pyrrole nitrogens is 2. The van der Waals surface area contributed by atoms with E-state index in [2.05, 4.69) is 6.58 Å². The number of aromatic amines is 2. The Bertz CT molecular complexity index is 595. The minimum atomic E-state index is -3.97. The van der Waals surface area contributed by atoms with Crippen LogP contribution >= 0.6 is 0 Å². The fraction of sp³-hybridized carbons (Fsp3) is 0.143. The number of hydrogen-bond acceptors (Lipinski definition) is 5. The minimum absolute atomic E-state index is 0.504. The van der Waals surface area contributed by atoms with Gasteiger partial charge in [0.15, 0.2) is 14.7 Å². The van der Waals surface area contributed by atoms with Gasteiger partial charge in [0.1, 0.15) is 0 Å². The van der Waals surface area contributed by atoms with Gasteiger partial charge in [-0.05, 0) is 0 Å². The van der Waals surface area contributed by atoms with E-state index in [1.54, 1.807) is 9.97 Å². The van der Waals surface area contributed by atoms with Gasteiger partial charge in [0, 0.05) is 0 Å². The molecular formula is C7H8N2O5S. The quantitative estimate of drug-likeness (QED) is 0.561. The Balaban J connectivity index is 3.59. The lowest BCUT2D eigenvalue weighted by Crippen LogP contribution is -2.27. The van der Waals surface area contributed by atoms with E-state index < -0.39 is 37.6 Å². The predicted molar refractivity (Wildman–Crippen MR) is 51.6 cm³/mol.